The minimum absolute atomic E-state index is 0.451. The number of nitrogens with zero attached hydrogens (tertiary/aromatic N) is 4. The first-order valence-electron chi connectivity index (χ1n) is 12.0. The number of hydrogen-bond donors (Lipinski definition) is 3. The molecule has 0 aromatic carbocycles. The Labute approximate surface area is 200 Å². The van der Waals surface area contributed by atoms with Gasteiger partial charge in [0.2, 0.25) is 5.95 Å². The van der Waals surface area contributed by atoms with Crippen LogP contribution in [-0.2, 0) is 0 Å². The van der Waals surface area contributed by atoms with Gasteiger partial charge < -0.3 is 15.7 Å². The zero-order chi connectivity index (χ0) is 23.6. The van der Waals surface area contributed by atoms with E-state index in [1.165, 1.54) is 12.8 Å². The number of aromatic nitrogens is 4. The minimum Gasteiger partial charge on any atom is -0.390 e. The van der Waals surface area contributed by atoms with Crippen LogP contribution in [-0.4, -0.2) is 43.7 Å². The van der Waals surface area contributed by atoms with Crippen molar-refractivity contribution in [3.05, 3.63) is 23.7 Å². The molecule has 3 aromatic rings. The average molecular weight is 469 g/mol. The Hall–Kier alpha value is -2.32. The van der Waals surface area contributed by atoms with E-state index in [-0.39, 0.29) is 0 Å². The van der Waals surface area contributed by atoms with Gasteiger partial charge in [-0.3, -0.25) is 4.98 Å². The van der Waals surface area contributed by atoms with Gasteiger partial charge in [0.1, 0.15) is 16.3 Å². The molecule has 0 bridgehead atoms. The van der Waals surface area contributed by atoms with Gasteiger partial charge in [-0.25, -0.2) is 9.97 Å². The first-order chi connectivity index (χ1) is 15.7. The molecular weight excluding hydrogens is 432 g/mol. The molecule has 0 radical (unpaired) electrons. The summed E-state index contributed by atoms with van der Waals surface area (Å²) in [5.41, 5.74) is 3.10. The first kappa shape index (κ1) is 23.8. The van der Waals surface area contributed by atoms with E-state index in [1.807, 2.05) is 40.0 Å². The van der Waals surface area contributed by atoms with E-state index in [4.69, 9.17) is 15.0 Å². The fourth-order valence-electron chi connectivity index (χ4n) is 4.23. The van der Waals surface area contributed by atoms with Crippen LogP contribution in [0.3, 0.4) is 0 Å². The number of pyridine rings is 1. The molecule has 0 aliphatic heterocycles. The summed E-state index contributed by atoms with van der Waals surface area (Å²) in [6.45, 7) is 11.7. The maximum absolute atomic E-state index is 10.2. The van der Waals surface area contributed by atoms with E-state index in [1.54, 1.807) is 11.3 Å². The second kappa shape index (κ2) is 9.89. The Bertz CT molecular complexity index is 1100. The Kier molecular flexibility index (Phi) is 7.14. The number of aryl methyl sites for hydroxylation is 2. The van der Waals surface area contributed by atoms with Crippen molar-refractivity contribution in [3.8, 4) is 10.6 Å². The van der Waals surface area contributed by atoms with Crippen molar-refractivity contribution in [2.45, 2.75) is 72.3 Å². The minimum atomic E-state index is -0.649. The van der Waals surface area contributed by atoms with Gasteiger partial charge in [0.15, 0.2) is 0 Å². The van der Waals surface area contributed by atoms with Crippen molar-refractivity contribution in [3.63, 3.8) is 0 Å². The summed E-state index contributed by atoms with van der Waals surface area (Å²) in [5.74, 6) is 2.70. The van der Waals surface area contributed by atoms with Crippen LogP contribution < -0.4 is 10.6 Å². The van der Waals surface area contributed by atoms with E-state index in [9.17, 15) is 5.11 Å². The maximum atomic E-state index is 10.2. The lowest BCUT2D eigenvalue weighted by atomic mass is 9.89. The smallest absolute Gasteiger partial charge is 0.224 e. The fourth-order valence-corrected chi connectivity index (χ4v) is 5.34. The van der Waals surface area contributed by atoms with E-state index >= 15 is 0 Å². The molecule has 3 heterocycles. The maximum Gasteiger partial charge on any atom is 0.224 e. The topological polar surface area (TPSA) is 95.9 Å². The van der Waals surface area contributed by atoms with Crippen molar-refractivity contribution >= 4 is 33.3 Å². The van der Waals surface area contributed by atoms with Gasteiger partial charge in [0.05, 0.1) is 27.3 Å². The molecule has 1 fully saturated rings. The Morgan fingerprint density at radius 2 is 1.94 bits per heavy atom. The highest BCUT2D eigenvalue weighted by Crippen LogP contribution is 2.37. The monoisotopic (exact) mass is 468 g/mol. The predicted octanol–water partition coefficient (Wildman–Crippen LogP) is 5.58. The van der Waals surface area contributed by atoms with Crippen LogP contribution in [0.5, 0.6) is 0 Å². The number of rotatable bonds is 11. The number of nitrogens with one attached hydrogen (secondary N) is 2. The van der Waals surface area contributed by atoms with Crippen LogP contribution in [0.25, 0.3) is 20.8 Å². The molecule has 8 heteroatoms. The molecule has 7 nitrogen and oxygen atoms in total. The first-order valence-corrected chi connectivity index (χ1v) is 12.9. The lowest BCUT2D eigenvalue weighted by Gasteiger charge is -2.24. The second-order valence-electron chi connectivity index (χ2n) is 9.95. The third-order valence-electron chi connectivity index (χ3n) is 6.25. The molecule has 0 spiro atoms. The molecule has 0 amide bonds. The third-order valence-corrected chi connectivity index (χ3v) is 7.29. The summed E-state index contributed by atoms with van der Waals surface area (Å²) in [6.07, 6.45) is 7.21. The average Bonchev–Trinajstić information content (AvgIpc) is 3.47. The quantitative estimate of drug-likeness (QED) is 0.338. The van der Waals surface area contributed by atoms with Gasteiger partial charge in [-0.15, -0.1) is 11.3 Å². The van der Waals surface area contributed by atoms with Crippen LogP contribution in [0.15, 0.2) is 12.3 Å². The fraction of sp³-hybridized carbons (Fsp3) is 0.600. The molecule has 1 unspecified atom stereocenters. The Morgan fingerprint density at radius 1 is 1.15 bits per heavy atom. The Morgan fingerprint density at radius 3 is 2.61 bits per heavy atom. The predicted molar refractivity (Wildman–Crippen MR) is 137 cm³/mol. The number of anilines is 2. The Balaban J connectivity index is 1.60. The summed E-state index contributed by atoms with van der Waals surface area (Å²) in [5, 5.41) is 18.2. The lowest BCUT2D eigenvalue weighted by Crippen LogP contribution is -2.24. The van der Waals surface area contributed by atoms with Crippen molar-refractivity contribution in [1.82, 2.24) is 19.9 Å². The molecule has 4 rings (SSSR count). The molecule has 1 aliphatic carbocycles. The summed E-state index contributed by atoms with van der Waals surface area (Å²) < 4.78 is 1.12. The molecule has 1 aliphatic rings. The zero-order valence-corrected chi connectivity index (χ0v) is 21.2. The van der Waals surface area contributed by atoms with Crippen LogP contribution in [0.1, 0.15) is 64.3 Å². The molecule has 3 aromatic heterocycles. The standard InChI is InChI=1S/C25H36N6OS/c1-6-17(13-25(4,5)32)9-11-27-22-20(15(2)29-24(31-22)28-14-18-7-8-18)23-30-21-16(3)26-12-10-19(21)33-23/h10,12,17-18,32H,6-9,11,13-14H2,1-5H3,(H2,27,28,29,31). The molecular formula is C25H36N6OS. The largest absolute Gasteiger partial charge is 0.390 e. The van der Waals surface area contributed by atoms with Crippen LogP contribution in [0.2, 0.25) is 0 Å². The van der Waals surface area contributed by atoms with Gasteiger partial charge >= 0.3 is 0 Å². The summed E-state index contributed by atoms with van der Waals surface area (Å²) >= 11 is 1.65. The van der Waals surface area contributed by atoms with Crippen LogP contribution in [0, 0.1) is 25.7 Å². The molecule has 33 heavy (non-hydrogen) atoms. The molecule has 1 saturated carbocycles. The third kappa shape index (κ3) is 6.18. The van der Waals surface area contributed by atoms with E-state index in [0.717, 1.165) is 76.3 Å². The number of fused-ring (bicyclic) bond motifs is 1. The van der Waals surface area contributed by atoms with Crippen molar-refractivity contribution in [2.24, 2.45) is 11.8 Å². The number of aliphatic hydroxyl groups is 1. The van der Waals surface area contributed by atoms with Crippen LogP contribution in [0.4, 0.5) is 11.8 Å². The van der Waals surface area contributed by atoms with E-state index < -0.39 is 5.60 Å². The van der Waals surface area contributed by atoms with Gasteiger partial charge in [0.25, 0.3) is 0 Å². The lowest BCUT2D eigenvalue weighted by molar-refractivity contribution is 0.0509. The van der Waals surface area contributed by atoms with Crippen LogP contribution >= 0.6 is 11.3 Å². The molecule has 0 saturated heterocycles. The summed E-state index contributed by atoms with van der Waals surface area (Å²) in [6, 6.07) is 2.01. The van der Waals surface area contributed by atoms with Gasteiger partial charge in [-0.2, -0.15) is 4.98 Å². The highest BCUT2D eigenvalue weighted by Gasteiger charge is 2.23. The van der Waals surface area contributed by atoms with Gasteiger partial charge in [-0.05, 0) is 71.3 Å². The number of thiazole rings is 1. The summed E-state index contributed by atoms with van der Waals surface area (Å²) in [7, 11) is 0. The zero-order valence-electron chi connectivity index (χ0n) is 20.4. The van der Waals surface area contributed by atoms with Crippen molar-refractivity contribution in [2.75, 3.05) is 23.7 Å². The van der Waals surface area contributed by atoms with Gasteiger partial charge in [0, 0.05) is 19.3 Å². The van der Waals surface area contributed by atoms with E-state index in [2.05, 4.69) is 22.5 Å². The van der Waals surface area contributed by atoms with Crippen molar-refractivity contribution < 1.29 is 5.11 Å². The SMILES string of the molecule is CCC(CCNc1nc(NCC2CC2)nc(C)c1-c1nc2c(C)nccc2s1)CC(C)(C)O. The number of hydrogen-bond acceptors (Lipinski definition) is 8. The molecule has 178 valence electrons. The van der Waals surface area contributed by atoms with E-state index in [0.29, 0.717) is 11.9 Å². The molecule has 1 atom stereocenters. The highest BCUT2D eigenvalue weighted by atomic mass is 32.1. The van der Waals surface area contributed by atoms with Gasteiger partial charge in [-0.1, -0.05) is 13.3 Å². The normalized spacial score (nSPS) is 15.1. The summed E-state index contributed by atoms with van der Waals surface area (Å²) in [4.78, 5) is 18.9. The molecule has 3 N–H and O–H groups in total. The van der Waals surface area contributed by atoms with Crippen molar-refractivity contribution in [1.29, 1.82) is 0 Å². The highest BCUT2D eigenvalue weighted by molar-refractivity contribution is 7.21. The second-order valence-corrected chi connectivity index (χ2v) is 11.0.